The molecule has 33 heavy (non-hydrogen) atoms. The summed E-state index contributed by atoms with van der Waals surface area (Å²) in [5.41, 5.74) is -4.49. The van der Waals surface area contributed by atoms with Crippen LogP contribution >= 0.6 is 23.2 Å². The standard InChI is InChI=1S/C20H14Cl2F3N3O5/c1-9(19(32,20(23,24)25)11-4-5-26-15(22)7-11)12-3-2-10(6-13(12)21)16(29)28-18-27-14(8-33-18)17(30)31/h2-9,32H,1H3,(H,30,31)(H,27,28,29). The highest BCUT2D eigenvalue weighted by atomic mass is 35.5. The number of anilines is 1. The van der Waals surface area contributed by atoms with Crippen LogP contribution < -0.4 is 5.32 Å². The Morgan fingerprint density at radius 2 is 1.88 bits per heavy atom. The van der Waals surface area contributed by atoms with Crippen molar-refractivity contribution in [3.8, 4) is 0 Å². The molecule has 2 heterocycles. The number of rotatable bonds is 6. The van der Waals surface area contributed by atoms with E-state index in [0.717, 1.165) is 37.6 Å². The summed E-state index contributed by atoms with van der Waals surface area (Å²) in [6.07, 6.45) is -3.25. The molecule has 0 aliphatic rings. The van der Waals surface area contributed by atoms with Gasteiger partial charge in [0, 0.05) is 22.7 Å². The maximum Gasteiger partial charge on any atom is 0.422 e. The minimum Gasteiger partial charge on any atom is -0.476 e. The monoisotopic (exact) mass is 503 g/mol. The molecule has 3 aromatic rings. The summed E-state index contributed by atoms with van der Waals surface area (Å²) < 4.78 is 46.9. The Labute approximate surface area is 194 Å². The van der Waals surface area contributed by atoms with E-state index in [9.17, 15) is 27.9 Å². The van der Waals surface area contributed by atoms with E-state index in [1.165, 1.54) is 12.1 Å². The lowest BCUT2D eigenvalue weighted by Crippen LogP contribution is -2.46. The summed E-state index contributed by atoms with van der Waals surface area (Å²) in [6, 6.07) is 4.95. The number of pyridine rings is 1. The number of hydrogen-bond acceptors (Lipinski definition) is 6. The topological polar surface area (TPSA) is 126 Å². The van der Waals surface area contributed by atoms with E-state index in [1.54, 1.807) is 0 Å². The molecule has 0 saturated carbocycles. The molecule has 3 rings (SSSR count). The van der Waals surface area contributed by atoms with Crippen LogP contribution in [0.2, 0.25) is 10.2 Å². The van der Waals surface area contributed by atoms with Crippen molar-refractivity contribution >= 4 is 41.1 Å². The van der Waals surface area contributed by atoms with Gasteiger partial charge in [0.05, 0.1) is 0 Å². The van der Waals surface area contributed by atoms with Gasteiger partial charge in [0.25, 0.3) is 5.91 Å². The molecule has 0 spiro atoms. The SMILES string of the molecule is CC(c1ccc(C(=O)Nc2nc(C(=O)O)co2)cc1Cl)C(O)(c1ccnc(Cl)c1)C(F)(F)F. The van der Waals surface area contributed by atoms with Crippen LogP contribution in [0.25, 0.3) is 0 Å². The van der Waals surface area contributed by atoms with Crippen molar-refractivity contribution in [3.63, 3.8) is 0 Å². The highest BCUT2D eigenvalue weighted by molar-refractivity contribution is 6.32. The molecular formula is C20H14Cl2F3N3O5. The number of aromatic nitrogens is 2. The maximum atomic E-state index is 14.0. The van der Waals surface area contributed by atoms with E-state index >= 15 is 0 Å². The van der Waals surface area contributed by atoms with Crippen molar-refractivity contribution in [2.24, 2.45) is 0 Å². The van der Waals surface area contributed by atoms with Crippen LogP contribution in [0, 0.1) is 0 Å². The molecule has 0 aliphatic carbocycles. The van der Waals surface area contributed by atoms with Gasteiger partial charge in [0.15, 0.2) is 11.3 Å². The number of oxazole rings is 1. The fourth-order valence-corrected chi connectivity index (χ4v) is 3.66. The zero-order valence-electron chi connectivity index (χ0n) is 16.5. The summed E-state index contributed by atoms with van der Waals surface area (Å²) in [4.78, 5) is 30.4. The van der Waals surface area contributed by atoms with Gasteiger partial charge in [0.1, 0.15) is 11.4 Å². The van der Waals surface area contributed by atoms with Crippen molar-refractivity contribution in [2.45, 2.75) is 24.6 Å². The minimum absolute atomic E-state index is 0.0754. The number of alkyl halides is 3. The van der Waals surface area contributed by atoms with E-state index in [1.807, 2.05) is 0 Å². The van der Waals surface area contributed by atoms with Gasteiger partial charge in [-0.25, -0.2) is 9.78 Å². The molecule has 1 aromatic carbocycles. The van der Waals surface area contributed by atoms with Gasteiger partial charge < -0.3 is 14.6 Å². The second kappa shape index (κ2) is 9.00. The minimum atomic E-state index is -5.11. The normalized spacial score (nSPS) is 14.4. The van der Waals surface area contributed by atoms with E-state index in [0.29, 0.717) is 0 Å². The number of carbonyl (C=O) groups is 2. The van der Waals surface area contributed by atoms with Crippen molar-refractivity contribution in [2.75, 3.05) is 5.32 Å². The van der Waals surface area contributed by atoms with Gasteiger partial charge in [-0.05, 0) is 35.4 Å². The fraction of sp³-hybridized carbons (Fsp3) is 0.200. The number of carboxylic acids is 1. The van der Waals surface area contributed by atoms with E-state index in [-0.39, 0.29) is 21.3 Å². The highest BCUT2D eigenvalue weighted by Crippen LogP contribution is 2.50. The Morgan fingerprint density at radius 3 is 2.42 bits per heavy atom. The summed E-state index contributed by atoms with van der Waals surface area (Å²) in [6.45, 7) is 1.13. The number of nitrogens with zero attached hydrogens (tertiary/aromatic N) is 2. The molecule has 2 atom stereocenters. The average Bonchev–Trinajstić information content (AvgIpc) is 3.20. The molecule has 0 saturated heterocycles. The molecule has 0 radical (unpaired) electrons. The van der Waals surface area contributed by atoms with Crippen LogP contribution in [-0.4, -0.2) is 38.2 Å². The third-order valence-electron chi connectivity index (χ3n) is 4.90. The first kappa shape index (κ1) is 24.5. The van der Waals surface area contributed by atoms with Crippen molar-refractivity contribution < 1.29 is 37.4 Å². The Balaban J connectivity index is 1.92. The zero-order chi connectivity index (χ0) is 24.6. The van der Waals surface area contributed by atoms with Crippen molar-refractivity contribution in [1.29, 1.82) is 0 Å². The summed E-state index contributed by atoms with van der Waals surface area (Å²) in [5.74, 6) is -3.78. The smallest absolute Gasteiger partial charge is 0.422 e. The van der Waals surface area contributed by atoms with Crippen LogP contribution in [0.4, 0.5) is 19.2 Å². The molecule has 8 nitrogen and oxygen atoms in total. The number of nitrogens with one attached hydrogen (secondary N) is 1. The molecule has 3 N–H and O–H groups in total. The Hall–Kier alpha value is -3.15. The molecule has 0 aliphatic heterocycles. The molecule has 174 valence electrons. The predicted octanol–water partition coefficient (Wildman–Crippen LogP) is 4.88. The van der Waals surface area contributed by atoms with Crippen LogP contribution in [0.3, 0.4) is 0 Å². The van der Waals surface area contributed by atoms with Crippen LogP contribution in [-0.2, 0) is 5.60 Å². The first-order chi connectivity index (χ1) is 15.3. The molecule has 2 unspecified atom stereocenters. The summed E-state index contributed by atoms with van der Waals surface area (Å²) in [7, 11) is 0. The number of benzene rings is 1. The number of amides is 1. The molecule has 0 bridgehead atoms. The first-order valence-corrected chi connectivity index (χ1v) is 9.81. The lowest BCUT2D eigenvalue weighted by Gasteiger charge is -2.37. The van der Waals surface area contributed by atoms with Crippen molar-refractivity contribution in [3.05, 3.63) is 75.4 Å². The van der Waals surface area contributed by atoms with E-state index in [2.05, 4.69) is 15.3 Å². The zero-order valence-corrected chi connectivity index (χ0v) is 18.0. The largest absolute Gasteiger partial charge is 0.476 e. The van der Waals surface area contributed by atoms with E-state index < -0.39 is 46.8 Å². The van der Waals surface area contributed by atoms with Crippen molar-refractivity contribution in [1.82, 2.24) is 9.97 Å². The van der Waals surface area contributed by atoms with E-state index in [4.69, 9.17) is 32.7 Å². The van der Waals surface area contributed by atoms with Gasteiger partial charge in [0.2, 0.25) is 0 Å². The second-order valence-corrected chi connectivity index (χ2v) is 7.68. The predicted molar refractivity (Wildman–Crippen MR) is 110 cm³/mol. The molecule has 13 heteroatoms. The molecule has 1 amide bonds. The van der Waals surface area contributed by atoms with Gasteiger partial charge in [-0.2, -0.15) is 18.2 Å². The Kier molecular flexibility index (Phi) is 6.68. The Bertz CT molecular complexity index is 1220. The van der Waals surface area contributed by atoms with Gasteiger partial charge in [-0.1, -0.05) is 36.2 Å². The summed E-state index contributed by atoms with van der Waals surface area (Å²) >= 11 is 11.9. The third kappa shape index (κ3) is 4.80. The highest BCUT2D eigenvalue weighted by Gasteiger charge is 2.59. The number of carboxylic acid groups (broad SMARTS) is 1. The summed E-state index contributed by atoms with van der Waals surface area (Å²) in [5, 5.41) is 21.4. The molecule has 0 fully saturated rings. The maximum absolute atomic E-state index is 14.0. The van der Waals surface area contributed by atoms with Crippen LogP contribution in [0.5, 0.6) is 0 Å². The van der Waals surface area contributed by atoms with Gasteiger partial charge >= 0.3 is 18.2 Å². The quantitative estimate of drug-likeness (QED) is 0.409. The Morgan fingerprint density at radius 1 is 1.18 bits per heavy atom. The number of hydrogen-bond donors (Lipinski definition) is 3. The number of halogens is 5. The van der Waals surface area contributed by atoms with Gasteiger partial charge in [-0.15, -0.1) is 0 Å². The van der Waals surface area contributed by atoms with Crippen LogP contribution in [0.1, 0.15) is 44.8 Å². The third-order valence-corrected chi connectivity index (χ3v) is 5.43. The molecule has 2 aromatic heterocycles. The second-order valence-electron chi connectivity index (χ2n) is 6.89. The lowest BCUT2D eigenvalue weighted by atomic mass is 9.78. The number of aliphatic hydroxyl groups is 1. The first-order valence-electron chi connectivity index (χ1n) is 9.05. The lowest BCUT2D eigenvalue weighted by molar-refractivity contribution is -0.274. The van der Waals surface area contributed by atoms with Crippen LogP contribution in [0.15, 0.2) is 47.2 Å². The van der Waals surface area contributed by atoms with Gasteiger partial charge in [-0.3, -0.25) is 10.1 Å². The number of aromatic carboxylic acids is 1. The average molecular weight is 504 g/mol. The molecular weight excluding hydrogens is 490 g/mol. The number of carbonyl (C=O) groups excluding carboxylic acids is 1. The fourth-order valence-electron chi connectivity index (χ4n) is 3.14.